The maximum absolute atomic E-state index is 12.3. The number of sulfonamides is 1. The summed E-state index contributed by atoms with van der Waals surface area (Å²) in [5.41, 5.74) is 1.88. The molecule has 1 aliphatic heterocycles. The van der Waals surface area contributed by atoms with E-state index < -0.39 is 10.0 Å². The number of benzene rings is 2. The van der Waals surface area contributed by atoms with Gasteiger partial charge in [0, 0.05) is 29.8 Å². The first kappa shape index (κ1) is 17.3. The molecule has 1 fully saturated rings. The summed E-state index contributed by atoms with van der Waals surface area (Å²) < 4.78 is 27.4. The molecular formula is C18H21ClN2O2S. The summed E-state index contributed by atoms with van der Waals surface area (Å²) in [6.07, 6.45) is 2.08. The van der Waals surface area contributed by atoms with E-state index in [0.717, 1.165) is 30.6 Å². The van der Waals surface area contributed by atoms with Gasteiger partial charge in [-0.3, -0.25) is 0 Å². The zero-order chi connectivity index (χ0) is 17.0. The van der Waals surface area contributed by atoms with E-state index in [9.17, 15) is 8.42 Å². The minimum absolute atomic E-state index is 0.0256. The quantitative estimate of drug-likeness (QED) is 0.854. The number of nitrogens with zero attached hydrogens (tertiary/aromatic N) is 1. The van der Waals surface area contributed by atoms with Gasteiger partial charge < -0.3 is 4.90 Å². The summed E-state index contributed by atoms with van der Waals surface area (Å²) in [5.74, 6) is -0.0256. The van der Waals surface area contributed by atoms with Crippen molar-refractivity contribution in [2.24, 2.45) is 0 Å². The van der Waals surface area contributed by atoms with Crippen LogP contribution in [0.3, 0.4) is 0 Å². The molecule has 6 heteroatoms. The molecule has 1 unspecified atom stereocenters. The first-order chi connectivity index (χ1) is 11.5. The van der Waals surface area contributed by atoms with E-state index in [1.165, 1.54) is 0 Å². The van der Waals surface area contributed by atoms with Crippen molar-refractivity contribution in [1.29, 1.82) is 0 Å². The summed E-state index contributed by atoms with van der Waals surface area (Å²) in [7, 11) is -3.36. The molecule has 1 aliphatic rings. The number of nitrogens with one attached hydrogen (secondary N) is 1. The Kier molecular flexibility index (Phi) is 5.43. The van der Waals surface area contributed by atoms with E-state index >= 15 is 0 Å². The molecule has 128 valence electrons. The second-order valence-corrected chi connectivity index (χ2v) is 8.30. The predicted octanol–water partition coefficient (Wildman–Crippen LogP) is 3.43. The van der Waals surface area contributed by atoms with E-state index in [4.69, 9.17) is 11.6 Å². The highest BCUT2D eigenvalue weighted by atomic mass is 35.5. The van der Waals surface area contributed by atoms with Crippen molar-refractivity contribution in [2.75, 3.05) is 18.0 Å². The van der Waals surface area contributed by atoms with Crippen LogP contribution in [0, 0.1) is 0 Å². The van der Waals surface area contributed by atoms with Crippen molar-refractivity contribution >= 4 is 27.3 Å². The van der Waals surface area contributed by atoms with Crippen molar-refractivity contribution in [3.8, 4) is 0 Å². The van der Waals surface area contributed by atoms with Crippen molar-refractivity contribution in [3.63, 3.8) is 0 Å². The Morgan fingerprint density at radius 1 is 1.08 bits per heavy atom. The van der Waals surface area contributed by atoms with E-state index in [2.05, 4.69) is 21.8 Å². The van der Waals surface area contributed by atoms with Crippen LogP contribution < -0.4 is 9.62 Å². The summed E-state index contributed by atoms with van der Waals surface area (Å²) in [6, 6.07) is 17.3. The second-order valence-electron chi connectivity index (χ2n) is 6.06. The maximum atomic E-state index is 12.3. The highest BCUT2D eigenvalue weighted by Crippen LogP contribution is 2.25. The first-order valence-corrected chi connectivity index (χ1v) is 10.1. The molecule has 0 amide bonds. The fraction of sp³-hybridized carbons (Fsp3) is 0.333. The Bertz CT molecular complexity index is 763. The van der Waals surface area contributed by atoms with Gasteiger partial charge in [0.2, 0.25) is 10.0 Å². The standard InChI is InChI=1S/C18H21ClN2O2S/c19-16-10-8-15(9-11-16)14-24(22,23)20-13-18-7-4-12-21(18)17-5-2-1-3-6-17/h1-3,5-6,8-11,18,20H,4,7,12-14H2. The lowest BCUT2D eigenvalue weighted by molar-refractivity contribution is 0.566. The third kappa shape index (κ3) is 4.50. The molecule has 3 rings (SSSR count). The lowest BCUT2D eigenvalue weighted by Gasteiger charge is -2.27. The van der Waals surface area contributed by atoms with Gasteiger partial charge in [-0.25, -0.2) is 13.1 Å². The van der Waals surface area contributed by atoms with Crippen LogP contribution in [0.1, 0.15) is 18.4 Å². The summed E-state index contributed by atoms with van der Waals surface area (Å²) in [4.78, 5) is 2.28. The van der Waals surface area contributed by atoms with Crippen molar-refractivity contribution in [2.45, 2.75) is 24.6 Å². The Balaban J connectivity index is 1.60. The average molecular weight is 365 g/mol. The van der Waals surface area contributed by atoms with E-state index in [1.807, 2.05) is 18.2 Å². The Morgan fingerprint density at radius 3 is 2.50 bits per heavy atom. The average Bonchev–Trinajstić information content (AvgIpc) is 3.05. The van der Waals surface area contributed by atoms with Gasteiger partial charge in [0.1, 0.15) is 0 Å². The molecule has 4 nitrogen and oxygen atoms in total. The van der Waals surface area contributed by atoms with Gasteiger partial charge in [-0.15, -0.1) is 0 Å². The first-order valence-electron chi connectivity index (χ1n) is 8.07. The fourth-order valence-corrected chi connectivity index (χ4v) is 4.39. The number of hydrogen-bond acceptors (Lipinski definition) is 3. The van der Waals surface area contributed by atoms with Crippen molar-refractivity contribution < 1.29 is 8.42 Å². The zero-order valence-corrected chi connectivity index (χ0v) is 14.9. The number of rotatable bonds is 6. The van der Waals surface area contributed by atoms with Crippen LogP contribution in [0.2, 0.25) is 5.02 Å². The maximum Gasteiger partial charge on any atom is 0.215 e. The van der Waals surface area contributed by atoms with Crippen molar-refractivity contribution in [1.82, 2.24) is 4.72 Å². The summed E-state index contributed by atoms with van der Waals surface area (Å²) >= 11 is 5.83. The molecule has 24 heavy (non-hydrogen) atoms. The third-order valence-corrected chi connectivity index (χ3v) is 5.85. The molecular weight excluding hydrogens is 344 g/mol. The van der Waals surface area contributed by atoms with Gasteiger partial charge in [0.25, 0.3) is 0 Å². The largest absolute Gasteiger partial charge is 0.367 e. The molecule has 1 atom stereocenters. The Hall–Kier alpha value is -1.56. The lowest BCUT2D eigenvalue weighted by Crippen LogP contribution is -2.40. The highest BCUT2D eigenvalue weighted by Gasteiger charge is 2.26. The van der Waals surface area contributed by atoms with Crippen LogP contribution in [0.25, 0.3) is 0 Å². The SMILES string of the molecule is O=S(=O)(Cc1ccc(Cl)cc1)NCC1CCCN1c1ccccc1. The van der Waals surface area contributed by atoms with E-state index in [0.29, 0.717) is 11.6 Å². The predicted molar refractivity (Wildman–Crippen MR) is 98.9 cm³/mol. The van der Waals surface area contributed by atoms with Crippen LogP contribution in [0.15, 0.2) is 54.6 Å². The van der Waals surface area contributed by atoms with Gasteiger partial charge in [0.05, 0.1) is 5.75 Å². The minimum atomic E-state index is -3.36. The molecule has 0 radical (unpaired) electrons. The Morgan fingerprint density at radius 2 is 1.79 bits per heavy atom. The van der Waals surface area contributed by atoms with Crippen LogP contribution in [-0.4, -0.2) is 27.5 Å². The monoisotopic (exact) mass is 364 g/mol. The normalized spacial score (nSPS) is 18.0. The number of para-hydroxylation sites is 1. The second kappa shape index (κ2) is 7.55. The minimum Gasteiger partial charge on any atom is -0.367 e. The van der Waals surface area contributed by atoms with Crippen LogP contribution in [0.5, 0.6) is 0 Å². The van der Waals surface area contributed by atoms with Crippen molar-refractivity contribution in [3.05, 3.63) is 65.2 Å². The van der Waals surface area contributed by atoms with E-state index in [1.54, 1.807) is 24.3 Å². The molecule has 0 aliphatic carbocycles. The van der Waals surface area contributed by atoms with E-state index in [-0.39, 0.29) is 11.8 Å². The molecule has 0 bridgehead atoms. The van der Waals surface area contributed by atoms with Crippen LogP contribution >= 0.6 is 11.6 Å². The summed E-state index contributed by atoms with van der Waals surface area (Å²) in [6.45, 7) is 1.40. The van der Waals surface area contributed by atoms with Gasteiger partial charge in [-0.05, 0) is 42.7 Å². The molecule has 1 heterocycles. The van der Waals surface area contributed by atoms with Gasteiger partial charge in [-0.2, -0.15) is 0 Å². The van der Waals surface area contributed by atoms with Crippen LogP contribution in [0.4, 0.5) is 5.69 Å². The van der Waals surface area contributed by atoms with Gasteiger partial charge in [0.15, 0.2) is 0 Å². The van der Waals surface area contributed by atoms with Gasteiger partial charge in [-0.1, -0.05) is 41.9 Å². The molecule has 0 saturated carbocycles. The molecule has 0 aromatic heterocycles. The Labute approximate surface area is 148 Å². The molecule has 2 aromatic carbocycles. The molecule has 0 spiro atoms. The topological polar surface area (TPSA) is 49.4 Å². The molecule has 1 N–H and O–H groups in total. The van der Waals surface area contributed by atoms with Crippen LogP contribution in [-0.2, 0) is 15.8 Å². The number of anilines is 1. The number of halogens is 1. The molecule has 1 saturated heterocycles. The third-order valence-electron chi connectivity index (χ3n) is 4.27. The molecule has 2 aromatic rings. The highest BCUT2D eigenvalue weighted by molar-refractivity contribution is 7.88. The lowest BCUT2D eigenvalue weighted by atomic mass is 10.2. The number of hydrogen-bond donors (Lipinski definition) is 1. The fourth-order valence-electron chi connectivity index (χ4n) is 3.08. The summed E-state index contributed by atoms with van der Waals surface area (Å²) in [5, 5.41) is 0.605. The smallest absolute Gasteiger partial charge is 0.215 e. The zero-order valence-electron chi connectivity index (χ0n) is 13.4. The van der Waals surface area contributed by atoms with Gasteiger partial charge >= 0.3 is 0 Å².